The van der Waals surface area contributed by atoms with Gasteiger partial charge >= 0.3 is 11.9 Å². The zero-order valence-corrected chi connectivity index (χ0v) is 7.80. The molecule has 1 aromatic carbocycles. The molecule has 5 heteroatoms. The number of hydrogen-bond acceptors (Lipinski definition) is 3. The van der Waals surface area contributed by atoms with Crippen LogP contribution in [0.3, 0.4) is 0 Å². The number of aromatic hydroxyl groups is 1. The highest BCUT2D eigenvalue weighted by molar-refractivity contribution is 5.90. The normalized spacial score (nSPS) is 9.87. The highest BCUT2D eigenvalue weighted by Crippen LogP contribution is 2.19. The van der Waals surface area contributed by atoms with Crippen LogP contribution in [0.1, 0.15) is 22.3 Å². The predicted octanol–water partition coefficient (Wildman–Crippen LogP) is 1.11. The van der Waals surface area contributed by atoms with Gasteiger partial charge < -0.3 is 15.3 Å². The molecule has 0 saturated carbocycles. The highest BCUT2D eigenvalue weighted by atomic mass is 16.4. The summed E-state index contributed by atoms with van der Waals surface area (Å²) in [7, 11) is 0. The molecule has 0 fully saturated rings. The Hall–Kier alpha value is -2.04. The number of aliphatic carboxylic acids is 1. The van der Waals surface area contributed by atoms with Crippen molar-refractivity contribution in [3.05, 3.63) is 29.3 Å². The molecule has 0 aromatic heterocycles. The summed E-state index contributed by atoms with van der Waals surface area (Å²) in [5, 5.41) is 26.3. The van der Waals surface area contributed by atoms with E-state index in [1.807, 2.05) is 0 Å². The molecule has 80 valence electrons. The van der Waals surface area contributed by atoms with Gasteiger partial charge in [-0.2, -0.15) is 0 Å². The van der Waals surface area contributed by atoms with E-state index in [2.05, 4.69) is 0 Å². The van der Waals surface area contributed by atoms with Gasteiger partial charge in [0.15, 0.2) is 0 Å². The zero-order valence-electron chi connectivity index (χ0n) is 7.80. The summed E-state index contributed by atoms with van der Waals surface area (Å²) in [5.74, 6) is -2.49. The molecule has 0 bridgehead atoms. The van der Waals surface area contributed by atoms with Gasteiger partial charge in [0.1, 0.15) is 11.3 Å². The van der Waals surface area contributed by atoms with Crippen LogP contribution in [0.15, 0.2) is 18.2 Å². The lowest BCUT2D eigenvalue weighted by atomic mass is 10.1. The molecule has 5 nitrogen and oxygen atoms in total. The second kappa shape index (κ2) is 4.45. The van der Waals surface area contributed by atoms with E-state index < -0.39 is 11.9 Å². The van der Waals surface area contributed by atoms with Crippen molar-refractivity contribution in [1.29, 1.82) is 0 Å². The zero-order chi connectivity index (χ0) is 11.4. The van der Waals surface area contributed by atoms with Crippen molar-refractivity contribution in [2.24, 2.45) is 0 Å². The fraction of sp³-hybridized carbons (Fsp3) is 0.200. The molecule has 0 atom stereocenters. The second-order valence-corrected chi connectivity index (χ2v) is 3.05. The highest BCUT2D eigenvalue weighted by Gasteiger charge is 2.10. The third-order valence-corrected chi connectivity index (χ3v) is 1.92. The smallest absolute Gasteiger partial charge is 0.339 e. The van der Waals surface area contributed by atoms with E-state index in [4.69, 9.17) is 10.2 Å². The Balaban J connectivity index is 2.87. The van der Waals surface area contributed by atoms with Crippen molar-refractivity contribution in [1.82, 2.24) is 0 Å². The third-order valence-electron chi connectivity index (χ3n) is 1.92. The Morgan fingerprint density at radius 2 is 1.87 bits per heavy atom. The minimum atomic E-state index is -1.23. The quantitative estimate of drug-likeness (QED) is 0.691. The summed E-state index contributed by atoms with van der Waals surface area (Å²) in [4.78, 5) is 20.9. The summed E-state index contributed by atoms with van der Waals surface area (Å²) in [6.45, 7) is 0. The van der Waals surface area contributed by atoms with Gasteiger partial charge in [0, 0.05) is 6.42 Å². The topological polar surface area (TPSA) is 94.8 Å². The molecule has 0 heterocycles. The molecule has 0 aliphatic carbocycles. The van der Waals surface area contributed by atoms with Crippen LogP contribution in [0, 0.1) is 0 Å². The van der Waals surface area contributed by atoms with Gasteiger partial charge in [0.05, 0.1) is 0 Å². The average Bonchev–Trinajstić information content (AvgIpc) is 2.16. The molecular formula is C10H10O5. The molecule has 0 radical (unpaired) electrons. The standard InChI is InChI=1S/C10H10O5/c11-8-3-1-6(2-4-9(12)13)5-7(8)10(14)15/h1,3,5,11H,2,4H2,(H,12,13)(H,14,15). The monoisotopic (exact) mass is 210 g/mol. The van der Waals surface area contributed by atoms with Crippen molar-refractivity contribution in [2.75, 3.05) is 0 Å². The van der Waals surface area contributed by atoms with Gasteiger partial charge in [-0.1, -0.05) is 6.07 Å². The molecule has 0 unspecified atom stereocenters. The van der Waals surface area contributed by atoms with Gasteiger partial charge in [0.2, 0.25) is 0 Å². The number of phenols is 1. The molecule has 0 spiro atoms. The predicted molar refractivity (Wildman–Crippen MR) is 51.0 cm³/mol. The van der Waals surface area contributed by atoms with Crippen LogP contribution in [0.25, 0.3) is 0 Å². The molecule has 1 aromatic rings. The number of carbonyl (C=O) groups is 2. The lowest BCUT2D eigenvalue weighted by Gasteiger charge is -2.03. The molecule has 0 amide bonds. The number of rotatable bonds is 4. The van der Waals surface area contributed by atoms with Crippen LogP contribution < -0.4 is 0 Å². The van der Waals surface area contributed by atoms with E-state index in [1.54, 1.807) is 0 Å². The number of aryl methyl sites for hydroxylation is 1. The van der Waals surface area contributed by atoms with Crippen LogP contribution in [-0.4, -0.2) is 27.3 Å². The van der Waals surface area contributed by atoms with Gasteiger partial charge in [-0.05, 0) is 24.1 Å². The molecule has 3 N–H and O–H groups in total. The van der Waals surface area contributed by atoms with E-state index in [0.717, 1.165) is 0 Å². The van der Waals surface area contributed by atoms with E-state index in [0.29, 0.717) is 5.56 Å². The van der Waals surface area contributed by atoms with E-state index in [-0.39, 0.29) is 24.2 Å². The van der Waals surface area contributed by atoms with Crippen LogP contribution in [0.2, 0.25) is 0 Å². The van der Waals surface area contributed by atoms with Gasteiger partial charge in [0.25, 0.3) is 0 Å². The summed E-state index contributed by atoms with van der Waals surface area (Å²) in [6, 6.07) is 4.03. The Morgan fingerprint density at radius 1 is 1.20 bits per heavy atom. The van der Waals surface area contributed by atoms with Gasteiger partial charge in [-0.3, -0.25) is 4.79 Å². The largest absolute Gasteiger partial charge is 0.507 e. The van der Waals surface area contributed by atoms with Crippen molar-refractivity contribution >= 4 is 11.9 Å². The molecule has 0 saturated heterocycles. The minimum absolute atomic E-state index is 0.0656. The maximum atomic E-state index is 10.6. The van der Waals surface area contributed by atoms with Crippen LogP contribution in [0.5, 0.6) is 5.75 Å². The number of carboxylic acids is 2. The molecule has 15 heavy (non-hydrogen) atoms. The second-order valence-electron chi connectivity index (χ2n) is 3.05. The maximum Gasteiger partial charge on any atom is 0.339 e. The number of hydrogen-bond donors (Lipinski definition) is 3. The first-order chi connectivity index (χ1) is 7.00. The van der Waals surface area contributed by atoms with Crippen LogP contribution >= 0.6 is 0 Å². The fourth-order valence-corrected chi connectivity index (χ4v) is 1.16. The van der Waals surface area contributed by atoms with Crippen LogP contribution in [-0.2, 0) is 11.2 Å². The van der Waals surface area contributed by atoms with Gasteiger partial charge in [-0.25, -0.2) is 4.79 Å². The Morgan fingerprint density at radius 3 is 2.40 bits per heavy atom. The first-order valence-corrected chi connectivity index (χ1v) is 4.27. The molecule has 1 rings (SSSR count). The lowest BCUT2D eigenvalue weighted by molar-refractivity contribution is -0.136. The molecule has 0 aliphatic heterocycles. The Labute approximate surface area is 85.6 Å². The molecule has 0 aliphatic rings. The summed E-state index contributed by atoms with van der Waals surface area (Å²) in [6.07, 6.45) is 0.180. The fourth-order valence-electron chi connectivity index (χ4n) is 1.16. The molecular weight excluding hydrogens is 200 g/mol. The number of carboxylic acid groups (broad SMARTS) is 2. The van der Waals surface area contributed by atoms with Crippen molar-refractivity contribution in [2.45, 2.75) is 12.8 Å². The van der Waals surface area contributed by atoms with Crippen molar-refractivity contribution in [3.63, 3.8) is 0 Å². The van der Waals surface area contributed by atoms with Crippen LogP contribution in [0.4, 0.5) is 0 Å². The van der Waals surface area contributed by atoms with Crippen molar-refractivity contribution in [3.8, 4) is 5.75 Å². The summed E-state index contributed by atoms with van der Waals surface area (Å²) in [5.41, 5.74) is 0.366. The minimum Gasteiger partial charge on any atom is -0.507 e. The van der Waals surface area contributed by atoms with E-state index in [1.165, 1.54) is 18.2 Å². The van der Waals surface area contributed by atoms with E-state index >= 15 is 0 Å². The first-order valence-electron chi connectivity index (χ1n) is 4.27. The third kappa shape index (κ3) is 2.98. The van der Waals surface area contributed by atoms with E-state index in [9.17, 15) is 14.7 Å². The maximum absolute atomic E-state index is 10.6. The first kappa shape index (κ1) is 11.0. The SMILES string of the molecule is O=C(O)CCc1ccc(O)c(C(=O)O)c1. The lowest BCUT2D eigenvalue weighted by Crippen LogP contribution is -2.01. The Kier molecular flexibility index (Phi) is 3.28. The summed E-state index contributed by atoms with van der Waals surface area (Å²) < 4.78 is 0. The number of aromatic carboxylic acids is 1. The average molecular weight is 210 g/mol. The number of benzene rings is 1. The summed E-state index contributed by atoms with van der Waals surface area (Å²) >= 11 is 0. The van der Waals surface area contributed by atoms with Crippen molar-refractivity contribution < 1.29 is 24.9 Å². The van der Waals surface area contributed by atoms with Gasteiger partial charge in [-0.15, -0.1) is 0 Å². The Bertz CT molecular complexity index is 397.